The van der Waals surface area contributed by atoms with E-state index in [4.69, 9.17) is 4.74 Å². The Morgan fingerprint density at radius 2 is 2.06 bits per heavy atom. The van der Waals surface area contributed by atoms with Gasteiger partial charge in [-0.2, -0.15) is 0 Å². The molecule has 1 heterocycles. The van der Waals surface area contributed by atoms with Crippen molar-refractivity contribution in [1.82, 2.24) is 9.97 Å². The molecule has 1 aromatic heterocycles. The summed E-state index contributed by atoms with van der Waals surface area (Å²) >= 11 is 0. The van der Waals surface area contributed by atoms with Crippen molar-refractivity contribution in [3.8, 4) is 0 Å². The monoisotopic (exact) mass is 238 g/mol. The van der Waals surface area contributed by atoms with Gasteiger partial charge in [0.1, 0.15) is 11.6 Å². The third-order valence-corrected chi connectivity index (χ3v) is 2.16. The van der Waals surface area contributed by atoms with E-state index in [-0.39, 0.29) is 6.04 Å². The predicted molar refractivity (Wildman–Crippen MR) is 70.4 cm³/mol. The minimum Gasteiger partial charge on any atom is -0.380 e. The molecule has 0 saturated carbocycles. The van der Waals surface area contributed by atoms with E-state index in [9.17, 15) is 0 Å². The lowest BCUT2D eigenvalue weighted by atomic mass is 10.3. The number of hydrogen-bond donors (Lipinski definition) is 2. The first kappa shape index (κ1) is 13.7. The maximum atomic E-state index is 5.34. The Labute approximate surface area is 103 Å². The van der Waals surface area contributed by atoms with Crippen LogP contribution < -0.4 is 10.6 Å². The number of nitrogens with one attached hydrogen (secondary N) is 2. The quantitative estimate of drug-likeness (QED) is 0.726. The first-order valence-electron chi connectivity index (χ1n) is 6.16. The van der Waals surface area contributed by atoms with E-state index in [1.54, 1.807) is 12.4 Å². The Morgan fingerprint density at radius 1 is 1.29 bits per heavy atom. The van der Waals surface area contributed by atoms with Crippen molar-refractivity contribution in [2.75, 3.05) is 30.4 Å². The summed E-state index contributed by atoms with van der Waals surface area (Å²) in [6.07, 6.45) is 4.52. The lowest BCUT2D eigenvalue weighted by molar-refractivity contribution is 0.141. The van der Waals surface area contributed by atoms with Crippen molar-refractivity contribution in [3.63, 3.8) is 0 Å². The SMILES string of the molecule is CCCNc1cncc(NC(C)COCC)n1. The first-order chi connectivity index (χ1) is 8.26. The summed E-state index contributed by atoms with van der Waals surface area (Å²) in [5.74, 6) is 1.58. The Bertz CT molecular complexity index is 319. The topological polar surface area (TPSA) is 59.1 Å². The fourth-order valence-electron chi connectivity index (χ4n) is 1.36. The summed E-state index contributed by atoms with van der Waals surface area (Å²) < 4.78 is 5.34. The molecule has 0 aliphatic heterocycles. The molecular weight excluding hydrogens is 216 g/mol. The van der Waals surface area contributed by atoms with Crippen LogP contribution in [0.15, 0.2) is 12.4 Å². The second-order valence-corrected chi connectivity index (χ2v) is 3.92. The van der Waals surface area contributed by atoms with Gasteiger partial charge >= 0.3 is 0 Å². The zero-order chi connectivity index (χ0) is 12.5. The van der Waals surface area contributed by atoms with E-state index in [2.05, 4.69) is 34.4 Å². The Balaban J connectivity index is 2.47. The van der Waals surface area contributed by atoms with Gasteiger partial charge in [-0.25, -0.2) is 4.98 Å². The average Bonchev–Trinajstić information content (AvgIpc) is 2.34. The molecule has 5 nitrogen and oxygen atoms in total. The molecule has 17 heavy (non-hydrogen) atoms. The molecule has 5 heteroatoms. The van der Waals surface area contributed by atoms with E-state index in [0.29, 0.717) is 6.61 Å². The highest BCUT2D eigenvalue weighted by atomic mass is 16.5. The summed E-state index contributed by atoms with van der Waals surface area (Å²) in [4.78, 5) is 8.56. The second kappa shape index (κ2) is 7.84. The van der Waals surface area contributed by atoms with Gasteiger partial charge in [0, 0.05) is 19.2 Å². The molecule has 1 rings (SSSR count). The van der Waals surface area contributed by atoms with Crippen LogP contribution in [-0.2, 0) is 4.74 Å². The number of hydrogen-bond acceptors (Lipinski definition) is 5. The molecular formula is C12H22N4O. The van der Waals surface area contributed by atoms with Crippen LogP contribution in [0, 0.1) is 0 Å². The molecule has 0 aliphatic carbocycles. The van der Waals surface area contributed by atoms with Gasteiger partial charge in [-0.1, -0.05) is 6.92 Å². The van der Waals surface area contributed by atoms with Gasteiger partial charge in [0.05, 0.1) is 19.0 Å². The number of aromatic nitrogens is 2. The van der Waals surface area contributed by atoms with E-state index in [1.807, 2.05) is 6.92 Å². The molecule has 0 spiro atoms. The van der Waals surface area contributed by atoms with E-state index in [0.717, 1.165) is 31.2 Å². The fourth-order valence-corrected chi connectivity index (χ4v) is 1.36. The Hall–Kier alpha value is -1.36. The standard InChI is InChI=1S/C12H22N4O/c1-4-6-14-11-7-13-8-12(16-11)15-10(3)9-17-5-2/h7-8,10H,4-6,9H2,1-3H3,(H2,14,15,16). The minimum atomic E-state index is 0.227. The van der Waals surface area contributed by atoms with Crippen LogP contribution in [0.25, 0.3) is 0 Å². The van der Waals surface area contributed by atoms with Crippen LogP contribution in [-0.4, -0.2) is 35.8 Å². The highest BCUT2D eigenvalue weighted by Crippen LogP contribution is 2.08. The highest BCUT2D eigenvalue weighted by Gasteiger charge is 2.03. The van der Waals surface area contributed by atoms with Crippen molar-refractivity contribution < 1.29 is 4.74 Å². The van der Waals surface area contributed by atoms with Crippen LogP contribution in [0.4, 0.5) is 11.6 Å². The normalized spacial score (nSPS) is 12.2. The number of ether oxygens (including phenoxy) is 1. The van der Waals surface area contributed by atoms with Crippen molar-refractivity contribution in [1.29, 1.82) is 0 Å². The second-order valence-electron chi connectivity index (χ2n) is 3.92. The third-order valence-electron chi connectivity index (χ3n) is 2.16. The maximum Gasteiger partial charge on any atom is 0.147 e. The summed E-state index contributed by atoms with van der Waals surface area (Å²) in [5, 5.41) is 6.46. The van der Waals surface area contributed by atoms with E-state index >= 15 is 0 Å². The van der Waals surface area contributed by atoms with Crippen LogP contribution in [0.1, 0.15) is 27.2 Å². The summed E-state index contributed by atoms with van der Waals surface area (Å²) in [6, 6.07) is 0.227. The third kappa shape index (κ3) is 5.49. The molecule has 0 aromatic carbocycles. The van der Waals surface area contributed by atoms with Crippen LogP contribution in [0.5, 0.6) is 0 Å². The van der Waals surface area contributed by atoms with Crippen LogP contribution in [0.2, 0.25) is 0 Å². The van der Waals surface area contributed by atoms with Gasteiger partial charge in [0.15, 0.2) is 0 Å². The molecule has 2 N–H and O–H groups in total. The smallest absolute Gasteiger partial charge is 0.147 e. The zero-order valence-electron chi connectivity index (χ0n) is 10.9. The molecule has 96 valence electrons. The fraction of sp³-hybridized carbons (Fsp3) is 0.667. The molecule has 1 atom stereocenters. The van der Waals surface area contributed by atoms with Gasteiger partial charge in [0.2, 0.25) is 0 Å². The van der Waals surface area contributed by atoms with Gasteiger partial charge in [-0.15, -0.1) is 0 Å². The summed E-state index contributed by atoms with van der Waals surface area (Å²) in [6.45, 7) is 8.48. The Morgan fingerprint density at radius 3 is 2.76 bits per heavy atom. The molecule has 0 radical (unpaired) electrons. The Kier molecular flexibility index (Phi) is 6.32. The van der Waals surface area contributed by atoms with Crippen LogP contribution in [0.3, 0.4) is 0 Å². The lowest BCUT2D eigenvalue weighted by Crippen LogP contribution is -2.22. The van der Waals surface area contributed by atoms with Crippen molar-refractivity contribution in [2.45, 2.75) is 33.2 Å². The summed E-state index contributed by atoms with van der Waals surface area (Å²) in [5.41, 5.74) is 0. The van der Waals surface area contributed by atoms with Gasteiger partial charge in [-0.3, -0.25) is 4.98 Å². The number of rotatable bonds is 8. The lowest BCUT2D eigenvalue weighted by Gasteiger charge is -2.14. The van der Waals surface area contributed by atoms with Gasteiger partial charge in [-0.05, 0) is 20.3 Å². The first-order valence-corrected chi connectivity index (χ1v) is 6.16. The van der Waals surface area contributed by atoms with E-state index < -0.39 is 0 Å². The van der Waals surface area contributed by atoms with Crippen molar-refractivity contribution in [3.05, 3.63) is 12.4 Å². The number of nitrogens with zero attached hydrogens (tertiary/aromatic N) is 2. The van der Waals surface area contributed by atoms with Gasteiger partial charge < -0.3 is 15.4 Å². The molecule has 0 fully saturated rings. The predicted octanol–water partition coefficient (Wildman–Crippen LogP) is 2.14. The largest absolute Gasteiger partial charge is 0.380 e. The molecule has 0 bridgehead atoms. The maximum absolute atomic E-state index is 5.34. The molecule has 0 saturated heterocycles. The molecule has 0 aliphatic rings. The van der Waals surface area contributed by atoms with E-state index in [1.165, 1.54) is 0 Å². The van der Waals surface area contributed by atoms with Crippen molar-refractivity contribution in [2.24, 2.45) is 0 Å². The molecule has 1 aromatic rings. The molecule has 1 unspecified atom stereocenters. The van der Waals surface area contributed by atoms with Crippen LogP contribution >= 0.6 is 0 Å². The highest BCUT2D eigenvalue weighted by molar-refractivity contribution is 5.41. The van der Waals surface area contributed by atoms with Crippen molar-refractivity contribution >= 4 is 11.6 Å². The number of anilines is 2. The van der Waals surface area contributed by atoms with Gasteiger partial charge in [0.25, 0.3) is 0 Å². The zero-order valence-corrected chi connectivity index (χ0v) is 10.9. The summed E-state index contributed by atoms with van der Waals surface area (Å²) in [7, 11) is 0. The minimum absolute atomic E-state index is 0.227. The molecule has 0 amide bonds. The average molecular weight is 238 g/mol.